The molecule has 2 aliphatic carbocycles. The van der Waals surface area contributed by atoms with Crippen molar-refractivity contribution in [2.75, 3.05) is 0 Å². The zero-order chi connectivity index (χ0) is 21.8. The Bertz CT molecular complexity index is 1210. The first-order chi connectivity index (χ1) is 14.9. The average Bonchev–Trinajstić information content (AvgIpc) is 3.14. The van der Waals surface area contributed by atoms with Gasteiger partial charge in [0, 0.05) is 40.7 Å². The number of nitriles is 1. The van der Waals surface area contributed by atoms with E-state index in [1.165, 1.54) is 12.0 Å². The summed E-state index contributed by atoms with van der Waals surface area (Å²) in [7, 11) is 0. The molecule has 2 heterocycles. The number of nitrogens with zero attached hydrogens (tertiary/aromatic N) is 5. The van der Waals surface area contributed by atoms with Gasteiger partial charge in [0.1, 0.15) is 18.1 Å². The molecule has 6 heteroatoms. The molecule has 1 saturated carbocycles. The highest BCUT2D eigenvalue weighted by Crippen LogP contribution is 2.52. The van der Waals surface area contributed by atoms with E-state index >= 15 is 0 Å². The van der Waals surface area contributed by atoms with Crippen molar-refractivity contribution in [3.05, 3.63) is 60.2 Å². The van der Waals surface area contributed by atoms with Crippen LogP contribution in [0.1, 0.15) is 43.9 Å². The van der Waals surface area contributed by atoms with Gasteiger partial charge in [-0.2, -0.15) is 5.26 Å². The van der Waals surface area contributed by atoms with Gasteiger partial charge in [-0.25, -0.2) is 15.0 Å². The Hall–Kier alpha value is -3.33. The first-order valence-electron chi connectivity index (χ1n) is 10.8. The topological polar surface area (TPSA) is 84.5 Å². The van der Waals surface area contributed by atoms with Crippen LogP contribution in [0.5, 0.6) is 0 Å². The van der Waals surface area contributed by atoms with Gasteiger partial charge in [0.25, 0.3) is 0 Å². The van der Waals surface area contributed by atoms with Crippen molar-refractivity contribution in [1.29, 1.82) is 5.26 Å². The molecule has 31 heavy (non-hydrogen) atoms. The van der Waals surface area contributed by atoms with Gasteiger partial charge < -0.3 is 4.57 Å². The Labute approximate surface area is 182 Å². The zero-order valence-corrected chi connectivity index (χ0v) is 18.0. The van der Waals surface area contributed by atoms with E-state index < -0.39 is 5.92 Å². The number of hydrogen-bond donors (Lipinski definition) is 0. The largest absolute Gasteiger partial charge is 0.301 e. The number of imidazole rings is 1. The van der Waals surface area contributed by atoms with Crippen molar-refractivity contribution in [2.24, 2.45) is 17.8 Å². The SMILES string of the molecule is Cc1nc2c(n1-c1cccc(-c3cncnc3)c1)CC[C@H]1[C@H](C)C(=O)C(C#N)C[C@]21C. The van der Waals surface area contributed by atoms with E-state index in [4.69, 9.17) is 4.98 Å². The summed E-state index contributed by atoms with van der Waals surface area (Å²) in [4.78, 5) is 26.0. The van der Waals surface area contributed by atoms with E-state index in [0.717, 1.165) is 41.2 Å². The second-order valence-electron chi connectivity index (χ2n) is 9.11. The summed E-state index contributed by atoms with van der Waals surface area (Å²) in [5.41, 5.74) is 5.10. The summed E-state index contributed by atoms with van der Waals surface area (Å²) in [6.07, 6.45) is 7.54. The molecule has 156 valence electrons. The molecule has 0 spiro atoms. The number of Topliss-reactive ketones (excluding diaryl/α,β-unsaturated/α-hetero) is 1. The van der Waals surface area contributed by atoms with Crippen molar-refractivity contribution >= 4 is 5.78 Å². The predicted octanol–water partition coefficient (Wildman–Crippen LogP) is 4.21. The number of rotatable bonds is 2. The minimum Gasteiger partial charge on any atom is -0.301 e. The molecule has 1 aromatic carbocycles. The normalized spacial score (nSPS) is 27.3. The average molecular weight is 412 g/mol. The smallest absolute Gasteiger partial charge is 0.153 e. The van der Waals surface area contributed by atoms with Crippen molar-refractivity contribution in [3.63, 3.8) is 0 Å². The van der Waals surface area contributed by atoms with Crippen LogP contribution in [-0.4, -0.2) is 25.3 Å². The second kappa shape index (κ2) is 7.12. The maximum atomic E-state index is 12.7. The molecule has 5 rings (SSSR count). The van der Waals surface area contributed by atoms with Gasteiger partial charge in [0.05, 0.1) is 11.8 Å². The summed E-state index contributed by atoms with van der Waals surface area (Å²) in [6.45, 7) is 6.24. The van der Waals surface area contributed by atoms with Gasteiger partial charge in [0.2, 0.25) is 0 Å². The summed E-state index contributed by atoms with van der Waals surface area (Å²) >= 11 is 0. The molecule has 1 unspecified atom stereocenters. The van der Waals surface area contributed by atoms with Gasteiger partial charge in [-0.3, -0.25) is 4.79 Å². The lowest BCUT2D eigenvalue weighted by molar-refractivity contribution is -0.132. The van der Waals surface area contributed by atoms with Gasteiger partial charge in [-0.05, 0) is 49.8 Å². The molecule has 0 amide bonds. The van der Waals surface area contributed by atoms with Gasteiger partial charge in [-0.15, -0.1) is 0 Å². The Balaban J connectivity index is 1.62. The second-order valence-corrected chi connectivity index (χ2v) is 9.11. The number of aromatic nitrogens is 4. The maximum Gasteiger partial charge on any atom is 0.153 e. The van der Waals surface area contributed by atoms with Crippen LogP contribution in [0.4, 0.5) is 0 Å². The molecule has 2 aromatic heterocycles. The van der Waals surface area contributed by atoms with Gasteiger partial charge >= 0.3 is 0 Å². The van der Waals surface area contributed by atoms with E-state index in [-0.39, 0.29) is 23.0 Å². The lowest BCUT2D eigenvalue weighted by Crippen LogP contribution is -2.50. The zero-order valence-electron chi connectivity index (χ0n) is 18.0. The molecular formula is C25H25N5O. The molecule has 1 fully saturated rings. The minimum absolute atomic E-state index is 0.0994. The number of aryl methyl sites for hydroxylation is 1. The van der Waals surface area contributed by atoms with Gasteiger partial charge in [-0.1, -0.05) is 26.0 Å². The van der Waals surface area contributed by atoms with E-state index in [1.807, 2.05) is 32.3 Å². The molecule has 6 nitrogen and oxygen atoms in total. The number of ketones is 1. The highest BCUT2D eigenvalue weighted by atomic mass is 16.1. The van der Waals surface area contributed by atoms with E-state index in [1.54, 1.807) is 0 Å². The van der Waals surface area contributed by atoms with Crippen molar-refractivity contribution < 1.29 is 4.79 Å². The van der Waals surface area contributed by atoms with Crippen LogP contribution in [-0.2, 0) is 16.6 Å². The maximum absolute atomic E-state index is 12.7. The molecule has 4 atom stereocenters. The van der Waals surface area contributed by atoms with E-state index in [0.29, 0.717) is 6.42 Å². The molecule has 3 aromatic rings. The summed E-state index contributed by atoms with van der Waals surface area (Å²) in [5.74, 6) is 0.610. The Kier molecular flexibility index (Phi) is 4.51. The third kappa shape index (κ3) is 2.91. The lowest BCUT2D eigenvalue weighted by atomic mass is 9.54. The fourth-order valence-electron chi connectivity index (χ4n) is 5.87. The lowest BCUT2D eigenvalue weighted by Gasteiger charge is -2.48. The quantitative estimate of drug-likeness (QED) is 0.631. The molecule has 0 radical (unpaired) electrons. The van der Waals surface area contributed by atoms with Crippen LogP contribution in [0.15, 0.2) is 43.0 Å². The van der Waals surface area contributed by atoms with Gasteiger partial charge in [0.15, 0.2) is 5.78 Å². The number of carbonyl (C=O) groups is 1. The summed E-state index contributed by atoms with van der Waals surface area (Å²) in [6, 6.07) is 10.6. The van der Waals surface area contributed by atoms with Crippen LogP contribution < -0.4 is 0 Å². The van der Waals surface area contributed by atoms with Crippen molar-refractivity contribution in [1.82, 2.24) is 19.5 Å². The van der Waals surface area contributed by atoms with Crippen molar-refractivity contribution in [3.8, 4) is 22.9 Å². The third-order valence-electron chi connectivity index (χ3n) is 7.37. The first-order valence-corrected chi connectivity index (χ1v) is 10.8. The van der Waals surface area contributed by atoms with Crippen LogP contribution >= 0.6 is 0 Å². The third-order valence-corrected chi connectivity index (χ3v) is 7.37. The molecule has 2 aliphatic rings. The monoisotopic (exact) mass is 411 g/mol. The molecule has 0 saturated heterocycles. The Morgan fingerprint density at radius 2 is 2.00 bits per heavy atom. The van der Waals surface area contributed by atoms with Crippen LogP contribution in [0, 0.1) is 36.0 Å². The molecule has 0 bridgehead atoms. The van der Waals surface area contributed by atoms with Crippen LogP contribution in [0.25, 0.3) is 16.8 Å². The van der Waals surface area contributed by atoms with Crippen LogP contribution in [0.3, 0.4) is 0 Å². The van der Waals surface area contributed by atoms with E-state index in [2.05, 4.69) is 45.7 Å². The number of benzene rings is 1. The summed E-state index contributed by atoms with van der Waals surface area (Å²) < 4.78 is 2.24. The predicted molar refractivity (Wildman–Crippen MR) is 116 cm³/mol. The molecular weight excluding hydrogens is 386 g/mol. The minimum atomic E-state index is -0.547. The van der Waals surface area contributed by atoms with Crippen LogP contribution in [0.2, 0.25) is 0 Å². The fraction of sp³-hybridized carbons (Fsp3) is 0.400. The Morgan fingerprint density at radius 1 is 1.23 bits per heavy atom. The molecule has 0 aliphatic heterocycles. The number of fused-ring (bicyclic) bond motifs is 3. The molecule has 0 N–H and O–H groups in total. The van der Waals surface area contributed by atoms with E-state index in [9.17, 15) is 10.1 Å². The highest BCUT2D eigenvalue weighted by Gasteiger charge is 2.53. The van der Waals surface area contributed by atoms with Crippen molar-refractivity contribution in [2.45, 2.75) is 45.4 Å². The Morgan fingerprint density at radius 3 is 2.74 bits per heavy atom. The highest BCUT2D eigenvalue weighted by molar-refractivity contribution is 5.87. The summed E-state index contributed by atoms with van der Waals surface area (Å²) in [5, 5.41) is 9.60. The fourth-order valence-corrected chi connectivity index (χ4v) is 5.87. The first kappa shape index (κ1) is 19.6. The number of carbonyl (C=O) groups excluding carboxylic acids is 1. The standard InChI is InChI=1S/C25H25N5O/c1-15-21-7-8-22-24(25(21,3)10-18(11-26)23(15)31)29-16(2)30(22)20-6-4-5-17(9-20)19-12-27-14-28-13-19/h4-6,9,12-15,18,21H,7-8,10H2,1-3H3/t15-,18?,21-,25-/m0/s1. The number of hydrogen-bond acceptors (Lipinski definition) is 5.